The highest BCUT2D eigenvalue weighted by Gasteiger charge is 2.20. The number of halogens is 3. The molecule has 0 saturated heterocycles. The number of aromatic nitrogens is 1. The lowest BCUT2D eigenvalue weighted by Crippen LogP contribution is -2.03. The molecule has 0 saturated carbocycles. The van der Waals surface area contributed by atoms with E-state index in [1.165, 1.54) is 4.57 Å². The first-order valence-corrected chi connectivity index (χ1v) is 7.62. The Morgan fingerprint density at radius 1 is 0.667 bits per heavy atom. The van der Waals surface area contributed by atoms with Crippen molar-refractivity contribution >= 4 is 21.8 Å². The highest BCUT2D eigenvalue weighted by Crippen LogP contribution is 2.35. The molecule has 1 aromatic heterocycles. The lowest BCUT2D eigenvalue weighted by molar-refractivity contribution is 0.490. The number of aryl methyl sites for hydroxylation is 2. The predicted molar refractivity (Wildman–Crippen MR) is 90.1 cm³/mol. The van der Waals surface area contributed by atoms with Gasteiger partial charge in [-0.15, -0.1) is 0 Å². The molecule has 120 valence electrons. The van der Waals surface area contributed by atoms with Crippen LogP contribution in [0, 0.1) is 31.3 Å². The van der Waals surface area contributed by atoms with Gasteiger partial charge >= 0.3 is 0 Å². The van der Waals surface area contributed by atoms with Crippen molar-refractivity contribution in [2.24, 2.45) is 0 Å². The van der Waals surface area contributed by atoms with Gasteiger partial charge in [0.25, 0.3) is 0 Å². The molecule has 4 heteroatoms. The summed E-state index contributed by atoms with van der Waals surface area (Å²) >= 11 is 0. The molecule has 3 aromatic carbocycles. The van der Waals surface area contributed by atoms with Crippen LogP contribution in [0.25, 0.3) is 27.5 Å². The van der Waals surface area contributed by atoms with Gasteiger partial charge in [0.05, 0.1) is 11.0 Å². The third-order valence-electron chi connectivity index (χ3n) is 4.32. The summed E-state index contributed by atoms with van der Waals surface area (Å²) in [5, 5.41) is 1.77. The van der Waals surface area contributed by atoms with Gasteiger partial charge in [-0.05, 0) is 50.2 Å². The van der Waals surface area contributed by atoms with Crippen molar-refractivity contribution in [1.29, 1.82) is 0 Å². The predicted octanol–water partition coefficient (Wildman–Crippen LogP) is 5.82. The Kier molecular flexibility index (Phi) is 3.17. The topological polar surface area (TPSA) is 4.93 Å². The zero-order valence-corrected chi connectivity index (χ0v) is 13.2. The van der Waals surface area contributed by atoms with Gasteiger partial charge in [-0.25, -0.2) is 13.2 Å². The van der Waals surface area contributed by atoms with E-state index in [1.807, 2.05) is 50.2 Å². The third-order valence-corrected chi connectivity index (χ3v) is 4.32. The monoisotopic (exact) mass is 325 g/mol. The zero-order chi connectivity index (χ0) is 17.0. The molecule has 4 rings (SSSR count). The van der Waals surface area contributed by atoms with E-state index in [9.17, 15) is 13.2 Å². The Balaban J connectivity index is 2.25. The number of hydrogen-bond donors (Lipinski definition) is 0. The van der Waals surface area contributed by atoms with Crippen molar-refractivity contribution in [3.63, 3.8) is 0 Å². The molecule has 0 amide bonds. The van der Waals surface area contributed by atoms with Crippen LogP contribution in [-0.2, 0) is 0 Å². The molecule has 0 aliphatic carbocycles. The Hall–Kier alpha value is -2.75. The van der Waals surface area contributed by atoms with Gasteiger partial charge in [-0.2, -0.15) is 0 Å². The summed E-state index contributed by atoms with van der Waals surface area (Å²) in [5.41, 5.74) is 2.99. The molecule has 1 nitrogen and oxygen atoms in total. The second kappa shape index (κ2) is 5.13. The molecule has 0 fully saturated rings. The molecule has 0 bridgehead atoms. The largest absolute Gasteiger partial charge is 0.304 e. The van der Waals surface area contributed by atoms with Crippen LogP contribution in [0.2, 0.25) is 0 Å². The van der Waals surface area contributed by atoms with Crippen LogP contribution in [-0.4, -0.2) is 4.57 Å². The first-order chi connectivity index (χ1) is 11.5. The Bertz CT molecular complexity index is 1050. The van der Waals surface area contributed by atoms with Crippen molar-refractivity contribution in [2.45, 2.75) is 13.8 Å². The summed E-state index contributed by atoms with van der Waals surface area (Å²) in [6, 6.07) is 13.1. The van der Waals surface area contributed by atoms with E-state index in [-0.39, 0.29) is 5.69 Å². The second-order valence-electron chi connectivity index (χ2n) is 6.07. The molecule has 1 heterocycles. The minimum atomic E-state index is -1.19. The fraction of sp³-hybridized carbons (Fsp3) is 0.100. The molecule has 24 heavy (non-hydrogen) atoms. The number of nitrogens with zero attached hydrogens (tertiary/aromatic N) is 1. The smallest absolute Gasteiger partial charge is 0.185 e. The number of hydrogen-bond acceptors (Lipinski definition) is 0. The van der Waals surface area contributed by atoms with Gasteiger partial charge < -0.3 is 4.57 Å². The average molecular weight is 325 g/mol. The van der Waals surface area contributed by atoms with Crippen molar-refractivity contribution in [3.05, 3.63) is 77.1 Å². The summed E-state index contributed by atoms with van der Waals surface area (Å²) in [7, 11) is 0. The van der Waals surface area contributed by atoms with Gasteiger partial charge in [0.1, 0.15) is 11.5 Å². The second-order valence-corrected chi connectivity index (χ2v) is 6.07. The van der Waals surface area contributed by atoms with Gasteiger partial charge in [0.15, 0.2) is 11.6 Å². The van der Waals surface area contributed by atoms with Gasteiger partial charge in [-0.1, -0.05) is 23.3 Å². The SMILES string of the molecule is Cc1ccc2c(c1)c1cc(C)ccc1n2-c1c(F)ccc(F)c1F. The summed E-state index contributed by atoms with van der Waals surface area (Å²) < 4.78 is 44.0. The fourth-order valence-corrected chi connectivity index (χ4v) is 3.21. The molecule has 4 aromatic rings. The van der Waals surface area contributed by atoms with Crippen molar-refractivity contribution < 1.29 is 13.2 Å². The number of rotatable bonds is 1. The highest BCUT2D eigenvalue weighted by atomic mass is 19.2. The summed E-state index contributed by atoms with van der Waals surface area (Å²) in [5.74, 6) is -3.05. The summed E-state index contributed by atoms with van der Waals surface area (Å²) in [6.07, 6.45) is 0. The zero-order valence-electron chi connectivity index (χ0n) is 13.2. The van der Waals surface area contributed by atoms with E-state index < -0.39 is 17.5 Å². The lowest BCUT2D eigenvalue weighted by Gasteiger charge is -2.11. The molecule has 0 N–H and O–H groups in total. The first kappa shape index (κ1) is 14.8. The minimum Gasteiger partial charge on any atom is -0.304 e. The minimum absolute atomic E-state index is 0.386. The van der Waals surface area contributed by atoms with E-state index in [2.05, 4.69) is 0 Å². The summed E-state index contributed by atoms with van der Waals surface area (Å²) in [6.45, 7) is 3.92. The highest BCUT2D eigenvalue weighted by molar-refractivity contribution is 6.09. The van der Waals surface area contributed by atoms with Crippen molar-refractivity contribution in [1.82, 2.24) is 4.57 Å². The molecule has 0 radical (unpaired) electrons. The Morgan fingerprint density at radius 2 is 1.17 bits per heavy atom. The molecular weight excluding hydrogens is 311 g/mol. The van der Waals surface area contributed by atoms with E-state index in [4.69, 9.17) is 0 Å². The van der Waals surface area contributed by atoms with E-state index in [0.717, 1.165) is 34.0 Å². The summed E-state index contributed by atoms with van der Waals surface area (Å²) in [4.78, 5) is 0. The van der Waals surface area contributed by atoms with Crippen LogP contribution in [0.15, 0.2) is 48.5 Å². The van der Waals surface area contributed by atoms with E-state index in [0.29, 0.717) is 11.0 Å². The van der Waals surface area contributed by atoms with E-state index in [1.54, 1.807) is 0 Å². The van der Waals surface area contributed by atoms with Crippen LogP contribution in [0.3, 0.4) is 0 Å². The Labute approximate surface area is 136 Å². The van der Waals surface area contributed by atoms with Crippen LogP contribution >= 0.6 is 0 Å². The van der Waals surface area contributed by atoms with Crippen molar-refractivity contribution in [3.8, 4) is 5.69 Å². The van der Waals surface area contributed by atoms with Crippen molar-refractivity contribution in [2.75, 3.05) is 0 Å². The molecular formula is C20H14F3N. The first-order valence-electron chi connectivity index (χ1n) is 7.62. The van der Waals surface area contributed by atoms with Crippen LogP contribution in [0.4, 0.5) is 13.2 Å². The van der Waals surface area contributed by atoms with Crippen LogP contribution < -0.4 is 0 Å². The molecule has 0 aliphatic rings. The number of fused-ring (bicyclic) bond motifs is 3. The normalized spacial score (nSPS) is 11.5. The number of benzene rings is 3. The van der Waals surface area contributed by atoms with Gasteiger partial charge in [-0.3, -0.25) is 0 Å². The van der Waals surface area contributed by atoms with Crippen LogP contribution in [0.5, 0.6) is 0 Å². The molecule has 0 unspecified atom stereocenters. The van der Waals surface area contributed by atoms with Gasteiger partial charge in [0, 0.05) is 10.8 Å². The lowest BCUT2D eigenvalue weighted by atomic mass is 10.1. The van der Waals surface area contributed by atoms with Gasteiger partial charge in [0.2, 0.25) is 0 Å². The maximum atomic E-state index is 14.4. The maximum Gasteiger partial charge on any atom is 0.185 e. The molecule has 0 spiro atoms. The standard InChI is InChI=1S/C20H14F3N/c1-11-3-7-17-13(9-11)14-10-12(2)4-8-18(14)24(17)20-16(22)6-5-15(21)19(20)23/h3-10H,1-2H3. The van der Waals surface area contributed by atoms with Crippen LogP contribution in [0.1, 0.15) is 11.1 Å². The third kappa shape index (κ3) is 2.03. The fourth-order valence-electron chi connectivity index (χ4n) is 3.21. The average Bonchev–Trinajstić information content (AvgIpc) is 2.85. The quantitative estimate of drug-likeness (QED) is 0.389. The molecule has 0 atom stereocenters. The van der Waals surface area contributed by atoms with E-state index >= 15 is 0 Å². The maximum absolute atomic E-state index is 14.4. The Morgan fingerprint density at radius 3 is 1.71 bits per heavy atom. The molecule has 0 aliphatic heterocycles.